The average molecular weight is 251 g/mol. The van der Waals surface area contributed by atoms with Crippen molar-refractivity contribution >= 4 is 0 Å². The average Bonchev–Trinajstić information content (AvgIpc) is 2.55. The van der Waals surface area contributed by atoms with Crippen LogP contribution in [0.3, 0.4) is 0 Å². The van der Waals surface area contributed by atoms with E-state index >= 15 is 0 Å². The summed E-state index contributed by atoms with van der Waals surface area (Å²) >= 11 is 0. The Balaban J connectivity index is 2.55. The predicted molar refractivity (Wildman–Crippen MR) is 77.7 cm³/mol. The predicted octanol–water partition coefficient (Wildman–Crippen LogP) is 2.79. The lowest BCUT2D eigenvalue weighted by atomic mass is 9.91. The van der Waals surface area contributed by atoms with E-state index in [1.807, 2.05) is 11.7 Å². The molecule has 1 atom stereocenters. The molecule has 0 amide bonds. The molecule has 1 rings (SSSR count). The summed E-state index contributed by atoms with van der Waals surface area (Å²) in [6.45, 7) is 13.4. The van der Waals surface area contributed by atoms with Crippen molar-refractivity contribution in [2.45, 2.75) is 41.0 Å². The fourth-order valence-corrected chi connectivity index (χ4v) is 2.22. The van der Waals surface area contributed by atoms with Crippen LogP contribution in [0.25, 0.3) is 0 Å². The zero-order valence-electron chi connectivity index (χ0n) is 12.8. The van der Waals surface area contributed by atoms with Gasteiger partial charge in [-0.05, 0) is 50.3 Å². The standard InChI is InChI=1S/C15H29N3/c1-11(2)9-16-10-14(12(3)4)8-15-7-13(5)17-18(15)6/h7,11-12,14,16H,8-10H2,1-6H3. The second kappa shape index (κ2) is 6.93. The molecule has 1 unspecified atom stereocenters. The summed E-state index contributed by atoms with van der Waals surface area (Å²) in [5, 5.41) is 8.01. The Bertz CT molecular complexity index is 353. The largest absolute Gasteiger partial charge is 0.316 e. The van der Waals surface area contributed by atoms with Gasteiger partial charge in [0.2, 0.25) is 0 Å². The molecule has 3 heteroatoms. The van der Waals surface area contributed by atoms with E-state index in [9.17, 15) is 0 Å². The van der Waals surface area contributed by atoms with Gasteiger partial charge in [-0.2, -0.15) is 5.10 Å². The first-order valence-electron chi connectivity index (χ1n) is 7.10. The fraction of sp³-hybridized carbons (Fsp3) is 0.800. The maximum absolute atomic E-state index is 4.43. The van der Waals surface area contributed by atoms with Crippen LogP contribution in [-0.4, -0.2) is 22.9 Å². The van der Waals surface area contributed by atoms with E-state index in [0.717, 1.165) is 31.1 Å². The second-order valence-electron chi connectivity index (χ2n) is 6.16. The molecule has 0 aliphatic rings. The number of nitrogens with one attached hydrogen (secondary N) is 1. The molecule has 0 aromatic carbocycles. The SMILES string of the molecule is Cc1cc(CC(CNCC(C)C)C(C)C)n(C)n1. The third-order valence-corrected chi connectivity index (χ3v) is 3.47. The van der Waals surface area contributed by atoms with Gasteiger partial charge in [-0.15, -0.1) is 0 Å². The fourth-order valence-electron chi connectivity index (χ4n) is 2.22. The maximum atomic E-state index is 4.43. The molecule has 1 aromatic heterocycles. The zero-order valence-corrected chi connectivity index (χ0v) is 12.8. The lowest BCUT2D eigenvalue weighted by Gasteiger charge is -2.22. The number of hydrogen-bond donors (Lipinski definition) is 1. The highest BCUT2D eigenvalue weighted by Crippen LogP contribution is 2.17. The number of aryl methyl sites for hydroxylation is 2. The Morgan fingerprint density at radius 3 is 2.33 bits per heavy atom. The minimum atomic E-state index is 0.679. The van der Waals surface area contributed by atoms with Crippen molar-refractivity contribution < 1.29 is 0 Å². The highest BCUT2D eigenvalue weighted by molar-refractivity contribution is 5.09. The van der Waals surface area contributed by atoms with Gasteiger partial charge in [-0.3, -0.25) is 4.68 Å². The molecule has 0 fully saturated rings. The highest BCUT2D eigenvalue weighted by atomic mass is 15.3. The van der Waals surface area contributed by atoms with Crippen molar-refractivity contribution in [2.24, 2.45) is 24.8 Å². The summed E-state index contributed by atoms with van der Waals surface area (Å²) in [4.78, 5) is 0. The summed E-state index contributed by atoms with van der Waals surface area (Å²) < 4.78 is 2.02. The van der Waals surface area contributed by atoms with Crippen molar-refractivity contribution in [3.63, 3.8) is 0 Å². The van der Waals surface area contributed by atoms with Crippen molar-refractivity contribution in [1.29, 1.82) is 0 Å². The van der Waals surface area contributed by atoms with E-state index in [4.69, 9.17) is 0 Å². The molecule has 0 bridgehead atoms. The third-order valence-electron chi connectivity index (χ3n) is 3.47. The van der Waals surface area contributed by atoms with Crippen LogP contribution < -0.4 is 5.32 Å². The Hall–Kier alpha value is -0.830. The molecule has 0 aliphatic carbocycles. The highest BCUT2D eigenvalue weighted by Gasteiger charge is 2.16. The molecule has 1 heterocycles. The van der Waals surface area contributed by atoms with E-state index in [1.54, 1.807) is 0 Å². The number of nitrogens with zero attached hydrogens (tertiary/aromatic N) is 2. The van der Waals surface area contributed by atoms with Crippen molar-refractivity contribution in [1.82, 2.24) is 15.1 Å². The Labute approximate surface area is 112 Å². The molecule has 1 N–H and O–H groups in total. The van der Waals surface area contributed by atoms with Crippen molar-refractivity contribution in [3.05, 3.63) is 17.5 Å². The van der Waals surface area contributed by atoms with E-state index in [-0.39, 0.29) is 0 Å². The zero-order chi connectivity index (χ0) is 13.7. The second-order valence-corrected chi connectivity index (χ2v) is 6.16. The van der Waals surface area contributed by atoms with Gasteiger partial charge in [-0.1, -0.05) is 27.7 Å². The molecule has 0 spiro atoms. The summed E-state index contributed by atoms with van der Waals surface area (Å²) in [6, 6.07) is 2.21. The van der Waals surface area contributed by atoms with Crippen LogP contribution in [0, 0.1) is 24.7 Å². The van der Waals surface area contributed by atoms with E-state index in [2.05, 4.69) is 51.1 Å². The Morgan fingerprint density at radius 2 is 1.89 bits per heavy atom. The summed E-state index contributed by atoms with van der Waals surface area (Å²) in [5.41, 5.74) is 2.46. The van der Waals surface area contributed by atoms with Gasteiger partial charge >= 0.3 is 0 Å². The van der Waals surface area contributed by atoms with Crippen molar-refractivity contribution in [3.8, 4) is 0 Å². The first-order chi connectivity index (χ1) is 8.40. The van der Waals surface area contributed by atoms with Gasteiger partial charge in [0, 0.05) is 12.7 Å². The quantitative estimate of drug-likeness (QED) is 0.807. The Morgan fingerprint density at radius 1 is 1.22 bits per heavy atom. The molecule has 104 valence electrons. The molecule has 0 aliphatic heterocycles. The minimum absolute atomic E-state index is 0.679. The summed E-state index contributed by atoms with van der Waals surface area (Å²) in [6.07, 6.45) is 1.11. The van der Waals surface area contributed by atoms with Crippen LogP contribution in [0.15, 0.2) is 6.07 Å². The molecular weight excluding hydrogens is 222 g/mol. The van der Waals surface area contributed by atoms with E-state index in [0.29, 0.717) is 11.8 Å². The minimum Gasteiger partial charge on any atom is -0.316 e. The number of hydrogen-bond acceptors (Lipinski definition) is 2. The van der Waals surface area contributed by atoms with Gasteiger partial charge in [0.25, 0.3) is 0 Å². The molecule has 0 saturated heterocycles. The smallest absolute Gasteiger partial charge is 0.0596 e. The molecule has 18 heavy (non-hydrogen) atoms. The lowest BCUT2D eigenvalue weighted by molar-refractivity contribution is 0.346. The number of rotatable bonds is 7. The van der Waals surface area contributed by atoms with Gasteiger partial charge < -0.3 is 5.32 Å². The van der Waals surface area contributed by atoms with Gasteiger partial charge in [-0.25, -0.2) is 0 Å². The van der Waals surface area contributed by atoms with E-state index < -0.39 is 0 Å². The van der Waals surface area contributed by atoms with Gasteiger partial charge in [0.15, 0.2) is 0 Å². The summed E-state index contributed by atoms with van der Waals surface area (Å²) in [7, 11) is 2.04. The molecular formula is C15H29N3. The van der Waals surface area contributed by atoms with Crippen LogP contribution in [0.4, 0.5) is 0 Å². The van der Waals surface area contributed by atoms with Crippen LogP contribution in [-0.2, 0) is 13.5 Å². The third kappa shape index (κ3) is 4.81. The maximum Gasteiger partial charge on any atom is 0.0596 e. The van der Waals surface area contributed by atoms with E-state index in [1.165, 1.54) is 5.69 Å². The van der Waals surface area contributed by atoms with Crippen LogP contribution >= 0.6 is 0 Å². The van der Waals surface area contributed by atoms with Crippen molar-refractivity contribution in [2.75, 3.05) is 13.1 Å². The van der Waals surface area contributed by atoms with Gasteiger partial charge in [0.05, 0.1) is 5.69 Å². The topological polar surface area (TPSA) is 29.9 Å². The lowest BCUT2D eigenvalue weighted by Crippen LogP contribution is -2.30. The van der Waals surface area contributed by atoms with Crippen LogP contribution in [0.5, 0.6) is 0 Å². The normalized spacial score (nSPS) is 13.6. The molecule has 1 aromatic rings. The summed E-state index contributed by atoms with van der Waals surface area (Å²) in [5.74, 6) is 2.09. The van der Waals surface area contributed by atoms with Crippen LogP contribution in [0.2, 0.25) is 0 Å². The molecule has 3 nitrogen and oxygen atoms in total. The molecule has 0 radical (unpaired) electrons. The molecule has 0 saturated carbocycles. The monoisotopic (exact) mass is 251 g/mol. The van der Waals surface area contributed by atoms with Gasteiger partial charge in [0.1, 0.15) is 0 Å². The first-order valence-corrected chi connectivity index (χ1v) is 7.10. The Kier molecular flexibility index (Phi) is 5.86. The van der Waals surface area contributed by atoms with Crippen LogP contribution in [0.1, 0.15) is 39.1 Å². The number of aromatic nitrogens is 2. The first kappa shape index (κ1) is 15.2.